The first-order chi connectivity index (χ1) is 16.8. The summed E-state index contributed by atoms with van der Waals surface area (Å²) < 4.78 is 22.6. The van der Waals surface area contributed by atoms with Crippen LogP contribution in [0.3, 0.4) is 0 Å². The standard InChI is InChI=1S/C27H41N3O4S/c1-2-18-30(23-10-13-25-22(20-23)9-14-26(31)27(25)32)19-6-4-3-5-16-29-17-15-21-7-11-24(12-8-21)35(28,33)34/h7-9,11-12,14,23,29,31-32H,2-6,10,13,15-20H2,1H3,(H2,28,33,34)/t23-/m0/s1. The lowest BCUT2D eigenvalue weighted by molar-refractivity contribution is 0.175. The van der Waals surface area contributed by atoms with Gasteiger partial charge in [-0.3, -0.25) is 0 Å². The summed E-state index contributed by atoms with van der Waals surface area (Å²) in [5.41, 5.74) is 3.19. The predicted octanol–water partition coefficient (Wildman–Crippen LogP) is 3.71. The number of hydrogen-bond donors (Lipinski definition) is 4. The molecule has 3 rings (SSSR count). The number of rotatable bonds is 14. The van der Waals surface area contributed by atoms with Crippen LogP contribution in [0.1, 0.15) is 62.1 Å². The van der Waals surface area contributed by atoms with Crippen molar-refractivity contribution in [2.75, 3.05) is 26.2 Å². The molecule has 194 valence electrons. The molecule has 0 saturated carbocycles. The molecule has 5 N–H and O–H groups in total. The summed E-state index contributed by atoms with van der Waals surface area (Å²) in [6.07, 6.45) is 9.56. The van der Waals surface area contributed by atoms with Crippen molar-refractivity contribution in [1.29, 1.82) is 0 Å². The Morgan fingerprint density at radius 1 is 1.00 bits per heavy atom. The van der Waals surface area contributed by atoms with Gasteiger partial charge in [-0.15, -0.1) is 0 Å². The fourth-order valence-electron chi connectivity index (χ4n) is 5.00. The van der Waals surface area contributed by atoms with Gasteiger partial charge in [-0.2, -0.15) is 0 Å². The molecule has 0 spiro atoms. The molecule has 1 atom stereocenters. The molecule has 0 radical (unpaired) electrons. The Kier molecular flexibility index (Phi) is 10.4. The number of sulfonamides is 1. The Labute approximate surface area is 210 Å². The highest BCUT2D eigenvalue weighted by molar-refractivity contribution is 7.89. The molecule has 35 heavy (non-hydrogen) atoms. The number of unbranched alkanes of at least 4 members (excludes halogenated alkanes) is 3. The fourth-order valence-corrected chi connectivity index (χ4v) is 5.52. The number of nitrogens with two attached hydrogens (primary N) is 1. The van der Waals surface area contributed by atoms with Crippen LogP contribution in [0.5, 0.6) is 11.5 Å². The van der Waals surface area contributed by atoms with Crippen LogP contribution in [0.2, 0.25) is 0 Å². The third-order valence-electron chi connectivity index (χ3n) is 6.96. The lowest BCUT2D eigenvalue weighted by Gasteiger charge is -2.35. The van der Waals surface area contributed by atoms with E-state index in [-0.39, 0.29) is 16.4 Å². The largest absolute Gasteiger partial charge is 0.504 e. The van der Waals surface area contributed by atoms with Crippen molar-refractivity contribution in [3.63, 3.8) is 0 Å². The van der Waals surface area contributed by atoms with Crippen molar-refractivity contribution in [3.05, 3.63) is 53.1 Å². The van der Waals surface area contributed by atoms with Crippen molar-refractivity contribution >= 4 is 10.0 Å². The maximum Gasteiger partial charge on any atom is 0.238 e. The van der Waals surface area contributed by atoms with Crippen molar-refractivity contribution in [1.82, 2.24) is 10.2 Å². The van der Waals surface area contributed by atoms with Gasteiger partial charge in [0.1, 0.15) is 0 Å². The van der Waals surface area contributed by atoms with Crippen LogP contribution in [0.4, 0.5) is 0 Å². The van der Waals surface area contributed by atoms with Crippen LogP contribution in [0.25, 0.3) is 0 Å². The van der Waals surface area contributed by atoms with Gasteiger partial charge in [0.15, 0.2) is 11.5 Å². The van der Waals surface area contributed by atoms with E-state index in [9.17, 15) is 18.6 Å². The Bertz CT molecular complexity index is 1040. The fraction of sp³-hybridized carbons (Fsp3) is 0.556. The van der Waals surface area contributed by atoms with Crippen LogP contribution in [0.15, 0.2) is 41.3 Å². The van der Waals surface area contributed by atoms with E-state index in [0.29, 0.717) is 6.04 Å². The smallest absolute Gasteiger partial charge is 0.238 e. The van der Waals surface area contributed by atoms with Gasteiger partial charge in [0.25, 0.3) is 0 Å². The SMILES string of the molecule is CCCN(CCCCCCNCCc1ccc(S(N)(=O)=O)cc1)[C@H]1CCc2c(ccc(O)c2O)C1. The Morgan fingerprint density at radius 3 is 2.46 bits per heavy atom. The van der Waals surface area contributed by atoms with Crippen molar-refractivity contribution in [2.24, 2.45) is 5.14 Å². The first kappa shape index (κ1) is 27.5. The molecule has 0 saturated heterocycles. The highest BCUT2D eigenvalue weighted by Gasteiger charge is 2.26. The van der Waals surface area contributed by atoms with E-state index in [1.807, 2.05) is 18.2 Å². The number of phenols is 2. The number of primary sulfonamides is 1. The number of nitrogens with zero attached hydrogens (tertiary/aromatic N) is 1. The molecule has 7 nitrogen and oxygen atoms in total. The molecule has 0 aliphatic heterocycles. The van der Waals surface area contributed by atoms with Gasteiger partial charge in [-0.25, -0.2) is 13.6 Å². The van der Waals surface area contributed by atoms with Gasteiger partial charge in [0.2, 0.25) is 10.0 Å². The molecule has 0 unspecified atom stereocenters. The number of aromatic hydroxyl groups is 2. The summed E-state index contributed by atoms with van der Waals surface area (Å²) in [7, 11) is -3.63. The van der Waals surface area contributed by atoms with E-state index in [4.69, 9.17) is 5.14 Å². The van der Waals surface area contributed by atoms with Gasteiger partial charge in [0.05, 0.1) is 4.90 Å². The molecular formula is C27H41N3O4S. The summed E-state index contributed by atoms with van der Waals surface area (Å²) in [5.74, 6) is 0.0532. The second kappa shape index (κ2) is 13.3. The van der Waals surface area contributed by atoms with Crippen molar-refractivity contribution < 1.29 is 18.6 Å². The minimum absolute atomic E-state index is 0.0131. The summed E-state index contributed by atoms with van der Waals surface area (Å²) in [6.45, 7) is 6.30. The van der Waals surface area contributed by atoms with Crippen molar-refractivity contribution in [3.8, 4) is 11.5 Å². The van der Waals surface area contributed by atoms with E-state index in [0.717, 1.165) is 75.8 Å². The molecule has 0 aromatic heterocycles. The zero-order chi connectivity index (χ0) is 25.3. The molecule has 2 aromatic rings. The second-order valence-corrected chi connectivity index (χ2v) is 11.2. The minimum atomic E-state index is -3.63. The molecule has 8 heteroatoms. The van der Waals surface area contributed by atoms with Crippen LogP contribution in [0, 0.1) is 0 Å². The summed E-state index contributed by atoms with van der Waals surface area (Å²) in [5, 5.41) is 28.5. The molecule has 1 aliphatic rings. The van der Waals surface area contributed by atoms with Gasteiger partial charge < -0.3 is 20.4 Å². The average Bonchev–Trinajstić information content (AvgIpc) is 2.84. The number of benzene rings is 2. The van der Waals surface area contributed by atoms with Gasteiger partial charge in [-0.05, 0) is 100 Å². The van der Waals surface area contributed by atoms with Gasteiger partial charge >= 0.3 is 0 Å². The van der Waals surface area contributed by atoms with Crippen molar-refractivity contribution in [2.45, 2.75) is 75.6 Å². The molecular weight excluding hydrogens is 462 g/mol. The molecule has 1 aliphatic carbocycles. The number of hydrogen-bond acceptors (Lipinski definition) is 6. The molecule has 0 fully saturated rings. The summed E-state index contributed by atoms with van der Waals surface area (Å²) >= 11 is 0. The Hall–Kier alpha value is -2.13. The third kappa shape index (κ3) is 8.20. The average molecular weight is 504 g/mol. The Morgan fingerprint density at radius 2 is 1.74 bits per heavy atom. The van der Waals surface area contributed by atoms with E-state index in [2.05, 4.69) is 17.1 Å². The summed E-state index contributed by atoms with van der Waals surface area (Å²) in [6, 6.07) is 10.8. The van der Waals surface area contributed by atoms with Crippen LogP contribution in [-0.2, 0) is 29.3 Å². The maximum atomic E-state index is 11.3. The maximum absolute atomic E-state index is 11.3. The number of nitrogens with one attached hydrogen (secondary N) is 1. The molecule has 2 aromatic carbocycles. The molecule has 0 amide bonds. The minimum Gasteiger partial charge on any atom is -0.504 e. The predicted molar refractivity (Wildman–Crippen MR) is 140 cm³/mol. The summed E-state index contributed by atoms with van der Waals surface area (Å²) in [4.78, 5) is 2.77. The van der Waals surface area contributed by atoms with E-state index in [1.165, 1.54) is 24.8 Å². The van der Waals surface area contributed by atoms with E-state index in [1.54, 1.807) is 18.2 Å². The third-order valence-corrected chi connectivity index (χ3v) is 7.89. The second-order valence-electron chi connectivity index (χ2n) is 9.61. The first-order valence-electron chi connectivity index (χ1n) is 12.9. The lowest BCUT2D eigenvalue weighted by atomic mass is 9.86. The monoisotopic (exact) mass is 503 g/mol. The highest BCUT2D eigenvalue weighted by atomic mass is 32.2. The molecule has 0 heterocycles. The van der Waals surface area contributed by atoms with Gasteiger partial charge in [-0.1, -0.05) is 38.0 Å². The Balaban J connectivity index is 1.30. The van der Waals surface area contributed by atoms with Crippen LogP contribution < -0.4 is 10.5 Å². The van der Waals surface area contributed by atoms with Crippen LogP contribution in [-0.4, -0.2) is 55.8 Å². The zero-order valence-electron chi connectivity index (χ0n) is 20.9. The van der Waals surface area contributed by atoms with E-state index >= 15 is 0 Å². The normalized spacial score (nSPS) is 15.9. The number of phenolic OH excluding ortho intramolecular Hbond substituents is 2. The first-order valence-corrected chi connectivity index (χ1v) is 14.4. The van der Waals surface area contributed by atoms with E-state index < -0.39 is 10.0 Å². The lowest BCUT2D eigenvalue weighted by Crippen LogP contribution is -2.40. The topological polar surface area (TPSA) is 116 Å². The molecule has 0 bridgehead atoms. The highest BCUT2D eigenvalue weighted by Crippen LogP contribution is 2.36. The van der Waals surface area contributed by atoms with Gasteiger partial charge in [0, 0.05) is 11.6 Å². The van der Waals surface area contributed by atoms with Crippen LogP contribution >= 0.6 is 0 Å². The zero-order valence-corrected chi connectivity index (χ0v) is 21.7. The number of fused-ring (bicyclic) bond motifs is 1. The quantitative estimate of drug-likeness (QED) is 0.231.